The van der Waals surface area contributed by atoms with Crippen LogP contribution in [0.5, 0.6) is 5.75 Å². The van der Waals surface area contributed by atoms with E-state index in [1.807, 2.05) is 37.4 Å². The van der Waals surface area contributed by atoms with Gasteiger partial charge in [0.05, 0.1) is 0 Å². The van der Waals surface area contributed by atoms with Gasteiger partial charge in [0.25, 0.3) is 0 Å². The number of para-hydroxylation sites is 1. The van der Waals surface area contributed by atoms with Crippen molar-refractivity contribution in [2.24, 2.45) is 10.9 Å². The minimum absolute atomic E-state index is 0. The fourth-order valence-corrected chi connectivity index (χ4v) is 4.30. The van der Waals surface area contributed by atoms with Crippen molar-refractivity contribution >= 4 is 29.9 Å². The molecule has 3 rings (SSSR count). The number of guanidine groups is 1. The van der Waals surface area contributed by atoms with Crippen LogP contribution in [0.3, 0.4) is 0 Å². The van der Waals surface area contributed by atoms with Gasteiger partial charge in [-0.05, 0) is 56.9 Å². The molecule has 0 spiro atoms. The molecule has 1 N–H and O–H groups in total. The number of ether oxygens (including phenoxy) is 1. The van der Waals surface area contributed by atoms with E-state index >= 15 is 0 Å². The minimum Gasteiger partial charge on any atom is -0.492 e. The molecule has 7 heteroatoms. The van der Waals surface area contributed by atoms with Gasteiger partial charge >= 0.3 is 0 Å². The molecule has 0 saturated carbocycles. The summed E-state index contributed by atoms with van der Waals surface area (Å²) in [5.41, 5.74) is 0. The molecule has 0 radical (unpaired) electrons. The van der Waals surface area contributed by atoms with E-state index in [9.17, 15) is 0 Å². The van der Waals surface area contributed by atoms with Crippen molar-refractivity contribution in [2.45, 2.75) is 26.2 Å². The number of likely N-dealkylation sites (tertiary alicyclic amines) is 1. The third-order valence-corrected chi connectivity index (χ3v) is 6.29. The Bertz CT molecular complexity index is 599. The summed E-state index contributed by atoms with van der Waals surface area (Å²) in [5.74, 6) is 2.89. The number of nitrogens with one attached hydrogen (secondary N) is 1. The van der Waals surface area contributed by atoms with Crippen LogP contribution in [0.2, 0.25) is 0 Å². The predicted octanol–water partition coefficient (Wildman–Crippen LogP) is 3.00. The van der Waals surface area contributed by atoms with Crippen LogP contribution in [0, 0.1) is 5.92 Å². The Morgan fingerprint density at radius 3 is 2.37 bits per heavy atom. The van der Waals surface area contributed by atoms with Crippen LogP contribution >= 0.6 is 24.0 Å². The quantitative estimate of drug-likeness (QED) is 0.319. The number of hydrogen-bond donors (Lipinski definition) is 1. The molecule has 0 unspecified atom stereocenters. The van der Waals surface area contributed by atoms with Crippen LogP contribution in [-0.2, 0) is 0 Å². The maximum atomic E-state index is 5.83. The number of piperazine rings is 1. The lowest BCUT2D eigenvalue weighted by molar-refractivity contribution is 0.152. The van der Waals surface area contributed by atoms with Crippen LogP contribution in [0.25, 0.3) is 0 Å². The van der Waals surface area contributed by atoms with Gasteiger partial charge in [0, 0.05) is 46.3 Å². The highest BCUT2D eigenvalue weighted by Gasteiger charge is 2.21. The zero-order valence-electron chi connectivity index (χ0n) is 18.8. The molecule has 0 bridgehead atoms. The number of aliphatic imine (C=N–C) groups is 1. The molecule has 0 amide bonds. The Morgan fingerprint density at radius 2 is 1.73 bits per heavy atom. The van der Waals surface area contributed by atoms with E-state index < -0.39 is 0 Å². The molecule has 2 heterocycles. The molecule has 0 aliphatic carbocycles. The number of halogens is 1. The Kier molecular flexibility index (Phi) is 11.8. The summed E-state index contributed by atoms with van der Waals surface area (Å²) in [6.45, 7) is 12.9. The van der Waals surface area contributed by atoms with E-state index in [4.69, 9.17) is 4.74 Å². The molecule has 6 nitrogen and oxygen atoms in total. The average Bonchev–Trinajstić information content (AvgIpc) is 2.78. The first kappa shape index (κ1) is 25.2. The molecule has 170 valence electrons. The number of rotatable bonds is 8. The van der Waals surface area contributed by atoms with Gasteiger partial charge in [-0.2, -0.15) is 0 Å². The van der Waals surface area contributed by atoms with Crippen molar-refractivity contribution in [3.05, 3.63) is 30.3 Å². The molecular weight excluding hydrogens is 489 g/mol. The lowest BCUT2D eigenvalue weighted by Crippen LogP contribution is -2.53. The number of piperidine rings is 1. The molecule has 1 aromatic rings. The van der Waals surface area contributed by atoms with E-state index in [0.29, 0.717) is 0 Å². The smallest absolute Gasteiger partial charge is 0.193 e. The number of hydrogen-bond acceptors (Lipinski definition) is 4. The first-order chi connectivity index (χ1) is 14.3. The summed E-state index contributed by atoms with van der Waals surface area (Å²) in [7, 11) is 1.90. The number of nitrogens with zero attached hydrogens (tertiary/aromatic N) is 4. The van der Waals surface area contributed by atoms with Gasteiger partial charge in [0.15, 0.2) is 5.96 Å². The van der Waals surface area contributed by atoms with Crippen molar-refractivity contribution in [3.63, 3.8) is 0 Å². The number of benzene rings is 1. The summed E-state index contributed by atoms with van der Waals surface area (Å²) in [4.78, 5) is 12.0. The summed E-state index contributed by atoms with van der Waals surface area (Å²) in [6, 6.07) is 10.1. The summed E-state index contributed by atoms with van der Waals surface area (Å²) < 4.78 is 5.83. The van der Waals surface area contributed by atoms with E-state index in [1.165, 1.54) is 38.9 Å². The van der Waals surface area contributed by atoms with E-state index in [0.717, 1.165) is 63.5 Å². The predicted molar refractivity (Wildman–Crippen MR) is 136 cm³/mol. The van der Waals surface area contributed by atoms with Crippen molar-refractivity contribution in [2.75, 3.05) is 72.6 Å². The summed E-state index contributed by atoms with van der Waals surface area (Å²) in [5, 5.41) is 3.61. The topological polar surface area (TPSA) is 43.3 Å². The van der Waals surface area contributed by atoms with E-state index in [-0.39, 0.29) is 24.0 Å². The monoisotopic (exact) mass is 529 g/mol. The highest BCUT2D eigenvalue weighted by atomic mass is 127. The molecule has 2 saturated heterocycles. The second-order valence-electron chi connectivity index (χ2n) is 8.13. The second-order valence-corrected chi connectivity index (χ2v) is 8.13. The molecule has 2 fully saturated rings. The van der Waals surface area contributed by atoms with Gasteiger partial charge in [-0.1, -0.05) is 25.1 Å². The zero-order valence-corrected chi connectivity index (χ0v) is 21.1. The Balaban J connectivity index is 0.00000320. The SMILES string of the molecule is CCN1CCC(CCNC(=NC)N2CCN(CCOc3ccccc3)CC2)CC1.I. The van der Waals surface area contributed by atoms with Gasteiger partial charge in [-0.25, -0.2) is 0 Å². The second kappa shape index (κ2) is 14.1. The maximum absolute atomic E-state index is 5.83. The van der Waals surface area contributed by atoms with Gasteiger partial charge in [-0.15, -0.1) is 24.0 Å². The normalized spacial score (nSPS) is 19.4. The van der Waals surface area contributed by atoms with Crippen LogP contribution in [0.15, 0.2) is 35.3 Å². The first-order valence-electron chi connectivity index (χ1n) is 11.4. The van der Waals surface area contributed by atoms with Gasteiger partial charge < -0.3 is 19.9 Å². The van der Waals surface area contributed by atoms with Gasteiger partial charge in [0.2, 0.25) is 0 Å². The van der Waals surface area contributed by atoms with Crippen molar-refractivity contribution < 1.29 is 4.74 Å². The highest BCUT2D eigenvalue weighted by Crippen LogP contribution is 2.19. The molecular formula is C23H40IN5O. The summed E-state index contributed by atoms with van der Waals surface area (Å²) >= 11 is 0. The molecule has 2 aliphatic rings. The third kappa shape index (κ3) is 8.23. The largest absolute Gasteiger partial charge is 0.492 e. The molecule has 1 aromatic carbocycles. The minimum atomic E-state index is 0. The molecule has 2 aliphatic heterocycles. The highest BCUT2D eigenvalue weighted by molar-refractivity contribution is 14.0. The van der Waals surface area contributed by atoms with Crippen molar-refractivity contribution in [1.82, 2.24) is 20.0 Å². The van der Waals surface area contributed by atoms with Gasteiger partial charge in [0.1, 0.15) is 12.4 Å². The van der Waals surface area contributed by atoms with E-state index in [2.05, 4.69) is 31.9 Å². The molecule has 30 heavy (non-hydrogen) atoms. The van der Waals surface area contributed by atoms with Crippen LogP contribution in [0.4, 0.5) is 0 Å². The van der Waals surface area contributed by atoms with E-state index in [1.54, 1.807) is 0 Å². The Labute approximate surface area is 200 Å². The third-order valence-electron chi connectivity index (χ3n) is 6.29. The van der Waals surface area contributed by atoms with Gasteiger partial charge in [-0.3, -0.25) is 9.89 Å². The fourth-order valence-electron chi connectivity index (χ4n) is 4.30. The average molecular weight is 530 g/mol. The lowest BCUT2D eigenvalue weighted by Gasteiger charge is -2.36. The zero-order chi connectivity index (χ0) is 20.3. The first-order valence-corrected chi connectivity index (χ1v) is 11.4. The van der Waals surface area contributed by atoms with Crippen LogP contribution in [-0.4, -0.2) is 93.2 Å². The van der Waals surface area contributed by atoms with Crippen molar-refractivity contribution in [1.29, 1.82) is 0 Å². The molecule has 0 aromatic heterocycles. The van der Waals surface area contributed by atoms with Crippen molar-refractivity contribution in [3.8, 4) is 5.75 Å². The fraction of sp³-hybridized carbons (Fsp3) is 0.696. The maximum Gasteiger partial charge on any atom is 0.193 e. The lowest BCUT2D eigenvalue weighted by atomic mass is 9.93. The standard InChI is InChI=1S/C23H39N5O.HI/c1-3-26-13-10-21(11-14-26)9-12-25-23(24-2)28-17-15-27(16-18-28)19-20-29-22-7-5-4-6-8-22;/h4-8,21H,3,9-20H2,1-2H3,(H,24,25);1H. The van der Waals surface area contributed by atoms with Crippen LogP contribution in [0.1, 0.15) is 26.2 Å². The molecule has 0 atom stereocenters. The Morgan fingerprint density at radius 1 is 1.03 bits per heavy atom. The Hall–Kier alpha value is -1.06. The van der Waals surface area contributed by atoms with Crippen LogP contribution < -0.4 is 10.1 Å². The summed E-state index contributed by atoms with van der Waals surface area (Å²) in [6.07, 6.45) is 3.95.